The molecule has 4 rings (SSSR count). The zero-order chi connectivity index (χ0) is 24.4. The van der Waals surface area contributed by atoms with Crippen molar-refractivity contribution in [2.24, 2.45) is 4.99 Å². The highest BCUT2D eigenvalue weighted by molar-refractivity contribution is 7.07. The lowest BCUT2D eigenvalue weighted by Crippen LogP contribution is -2.40. The molecule has 2 heterocycles. The molecule has 7 nitrogen and oxygen atoms in total. The minimum atomic E-state index is -0.673. The number of methoxy groups -OCH3 is 1. The molecule has 0 amide bonds. The molecule has 0 bridgehead atoms. The van der Waals surface area contributed by atoms with E-state index in [9.17, 15) is 9.59 Å². The quantitative estimate of drug-likeness (QED) is 0.550. The number of ether oxygens (including phenoxy) is 2. The number of nitrogens with zero attached hydrogens (tertiary/aromatic N) is 2. The molecule has 0 unspecified atom stereocenters. The Bertz CT molecular complexity index is 1470. The lowest BCUT2D eigenvalue weighted by atomic mass is 9.95. The summed E-state index contributed by atoms with van der Waals surface area (Å²) in [6.45, 7) is 7.78. The summed E-state index contributed by atoms with van der Waals surface area (Å²) in [4.78, 5) is 31.7. The van der Waals surface area contributed by atoms with Crippen LogP contribution < -0.4 is 24.9 Å². The first-order valence-electron chi connectivity index (χ1n) is 11.0. The van der Waals surface area contributed by atoms with E-state index < -0.39 is 12.0 Å². The van der Waals surface area contributed by atoms with Gasteiger partial charge in [0.05, 0.1) is 31.0 Å². The SMILES string of the molecule is CCOC(=O)C1=C(C)N=c2s/c(=C\Nc3cc(C)ccc3C)c(=O)n2[C@H]1c1cccc(OC)c1. The van der Waals surface area contributed by atoms with Crippen LogP contribution >= 0.6 is 11.3 Å². The number of thiazole rings is 1. The van der Waals surface area contributed by atoms with Crippen LogP contribution in [-0.2, 0) is 9.53 Å². The Morgan fingerprint density at radius 1 is 1.21 bits per heavy atom. The molecular weight excluding hydrogens is 450 g/mol. The van der Waals surface area contributed by atoms with Gasteiger partial charge < -0.3 is 14.8 Å². The molecule has 0 saturated heterocycles. The Hall–Kier alpha value is -3.65. The third-order valence-electron chi connectivity index (χ3n) is 5.68. The first-order valence-corrected chi connectivity index (χ1v) is 11.8. The van der Waals surface area contributed by atoms with Crippen LogP contribution in [0.15, 0.2) is 63.5 Å². The molecule has 0 saturated carbocycles. The monoisotopic (exact) mass is 477 g/mol. The predicted octanol–water partition coefficient (Wildman–Crippen LogP) is 3.45. The number of allylic oxidation sites excluding steroid dienone is 1. The van der Waals surface area contributed by atoms with Crippen LogP contribution in [0, 0.1) is 13.8 Å². The third-order valence-corrected chi connectivity index (χ3v) is 6.66. The second-order valence-electron chi connectivity index (χ2n) is 8.04. The number of rotatable bonds is 6. The van der Waals surface area contributed by atoms with Crippen LogP contribution in [0.4, 0.5) is 5.69 Å². The maximum absolute atomic E-state index is 13.6. The molecule has 34 heavy (non-hydrogen) atoms. The van der Waals surface area contributed by atoms with Gasteiger partial charge in [0.2, 0.25) is 0 Å². The molecule has 1 aliphatic heterocycles. The van der Waals surface area contributed by atoms with Crippen molar-refractivity contribution in [3.05, 3.63) is 90.1 Å². The topological polar surface area (TPSA) is 81.9 Å². The average molecular weight is 478 g/mol. The van der Waals surface area contributed by atoms with E-state index in [2.05, 4.69) is 10.3 Å². The Labute approximate surface area is 201 Å². The fourth-order valence-corrected chi connectivity index (χ4v) is 4.92. The van der Waals surface area contributed by atoms with Gasteiger partial charge in [-0.05, 0) is 62.6 Å². The maximum Gasteiger partial charge on any atom is 0.338 e. The molecule has 1 atom stereocenters. The summed E-state index contributed by atoms with van der Waals surface area (Å²) < 4.78 is 12.8. The number of benzene rings is 2. The van der Waals surface area contributed by atoms with Crippen LogP contribution in [0.2, 0.25) is 0 Å². The highest BCUT2D eigenvalue weighted by Crippen LogP contribution is 2.32. The maximum atomic E-state index is 13.6. The number of carbonyl (C=O) groups is 1. The molecular formula is C26H27N3O4S. The van der Waals surface area contributed by atoms with Gasteiger partial charge in [-0.2, -0.15) is 0 Å². The summed E-state index contributed by atoms with van der Waals surface area (Å²) in [6.07, 6.45) is 1.71. The smallest absolute Gasteiger partial charge is 0.338 e. The van der Waals surface area contributed by atoms with E-state index in [0.29, 0.717) is 26.4 Å². The van der Waals surface area contributed by atoms with Crippen LogP contribution in [0.3, 0.4) is 0 Å². The standard InChI is InChI=1S/C26H27N3O4S/c1-6-33-25(31)22-17(4)28-26-29(23(22)18-8-7-9-19(13-18)32-5)24(30)21(34-26)14-27-20-12-15(2)10-11-16(20)3/h7-14,23,27H,6H2,1-5H3/b21-14-/t23-/m0/s1. The van der Waals surface area contributed by atoms with Gasteiger partial charge in [0.25, 0.3) is 5.56 Å². The fourth-order valence-electron chi connectivity index (χ4n) is 3.95. The molecule has 0 radical (unpaired) electrons. The Kier molecular flexibility index (Phi) is 6.70. The lowest BCUT2D eigenvalue weighted by Gasteiger charge is -2.24. The molecule has 3 aromatic rings. The molecule has 2 aromatic carbocycles. The summed E-state index contributed by atoms with van der Waals surface area (Å²) >= 11 is 1.28. The van der Waals surface area contributed by atoms with Gasteiger partial charge in [-0.25, -0.2) is 9.79 Å². The molecule has 0 fully saturated rings. The zero-order valence-corrected chi connectivity index (χ0v) is 20.7. The number of nitrogens with one attached hydrogen (secondary N) is 1. The van der Waals surface area contributed by atoms with Crippen LogP contribution in [0.1, 0.15) is 36.6 Å². The number of esters is 1. The van der Waals surface area contributed by atoms with E-state index in [1.165, 1.54) is 11.3 Å². The molecule has 8 heteroatoms. The Balaban J connectivity index is 1.88. The Morgan fingerprint density at radius 2 is 2.00 bits per heavy atom. The van der Waals surface area contributed by atoms with E-state index in [1.54, 1.807) is 31.7 Å². The normalized spacial score (nSPS) is 15.6. The summed E-state index contributed by atoms with van der Waals surface area (Å²) in [5.74, 6) is 0.147. The number of carbonyl (C=O) groups excluding carboxylic acids is 1. The first kappa shape index (κ1) is 23.5. The van der Waals surface area contributed by atoms with Crippen molar-refractivity contribution < 1.29 is 14.3 Å². The molecule has 0 spiro atoms. The molecule has 0 aliphatic carbocycles. The number of hydrogen-bond acceptors (Lipinski definition) is 7. The van der Waals surface area contributed by atoms with E-state index in [4.69, 9.17) is 9.47 Å². The Morgan fingerprint density at radius 3 is 2.74 bits per heavy atom. The van der Waals surface area contributed by atoms with Crippen molar-refractivity contribution in [1.82, 2.24) is 4.57 Å². The van der Waals surface area contributed by atoms with Gasteiger partial charge in [0.1, 0.15) is 10.3 Å². The molecule has 1 aliphatic rings. The number of anilines is 1. The van der Waals surface area contributed by atoms with Crippen LogP contribution in [0.25, 0.3) is 6.20 Å². The average Bonchev–Trinajstić information content (AvgIpc) is 3.13. The van der Waals surface area contributed by atoms with Gasteiger partial charge in [-0.3, -0.25) is 9.36 Å². The summed E-state index contributed by atoms with van der Waals surface area (Å²) in [7, 11) is 1.58. The summed E-state index contributed by atoms with van der Waals surface area (Å²) in [6, 6.07) is 12.8. The van der Waals surface area contributed by atoms with Crippen molar-refractivity contribution in [3.8, 4) is 5.75 Å². The van der Waals surface area contributed by atoms with Gasteiger partial charge >= 0.3 is 5.97 Å². The summed E-state index contributed by atoms with van der Waals surface area (Å²) in [5.41, 5.74) is 4.51. The van der Waals surface area contributed by atoms with Crippen molar-refractivity contribution in [1.29, 1.82) is 0 Å². The number of aryl methyl sites for hydroxylation is 2. The largest absolute Gasteiger partial charge is 0.497 e. The van der Waals surface area contributed by atoms with E-state index in [1.807, 2.05) is 56.3 Å². The second kappa shape index (κ2) is 9.69. The molecule has 1 aromatic heterocycles. The van der Waals surface area contributed by atoms with Crippen molar-refractivity contribution in [3.63, 3.8) is 0 Å². The number of hydrogen-bond donors (Lipinski definition) is 1. The van der Waals surface area contributed by atoms with Crippen molar-refractivity contribution in [2.45, 2.75) is 33.7 Å². The zero-order valence-electron chi connectivity index (χ0n) is 19.8. The van der Waals surface area contributed by atoms with Crippen molar-refractivity contribution in [2.75, 3.05) is 19.0 Å². The van der Waals surface area contributed by atoms with Gasteiger partial charge in [0.15, 0.2) is 4.80 Å². The van der Waals surface area contributed by atoms with Crippen molar-refractivity contribution >= 4 is 29.2 Å². The fraction of sp³-hybridized carbons (Fsp3) is 0.269. The molecule has 176 valence electrons. The highest BCUT2D eigenvalue weighted by Gasteiger charge is 2.33. The lowest BCUT2D eigenvalue weighted by molar-refractivity contribution is -0.139. The van der Waals surface area contributed by atoms with E-state index >= 15 is 0 Å². The molecule has 1 N–H and O–H groups in total. The van der Waals surface area contributed by atoms with Gasteiger partial charge in [-0.15, -0.1) is 0 Å². The van der Waals surface area contributed by atoms with Gasteiger partial charge in [0, 0.05) is 11.9 Å². The van der Waals surface area contributed by atoms with E-state index in [-0.39, 0.29) is 12.2 Å². The minimum absolute atomic E-state index is 0.227. The highest BCUT2D eigenvalue weighted by atomic mass is 32.1. The minimum Gasteiger partial charge on any atom is -0.497 e. The van der Waals surface area contributed by atoms with Crippen LogP contribution in [-0.4, -0.2) is 24.3 Å². The van der Waals surface area contributed by atoms with Gasteiger partial charge in [-0.1, -0.05) is 35.6 Å². The summed E-state index contributed by atoms with van der Waals surface area (Å²) in [5, 5.41) is 3.26. The number of aromatic nitrogens is 1. The predicted molar refractivity (Wildman–Crippen MR) is 134 cm³/mol. The second-order valence-corrected chi connectivity index (χ2v) is 9.05. The van der Waals surface area contributed by atoms with E-state index in [0.717, 1.165) is 22.4 Å². The number of fused-ring (bicyclic) bond motifs is 1. The third kappa shape index (κ3) is 4.41. The first-order chi connectivity index (χ1) is 16.3. The van der Waals surface area contributed by atoms with Crippen LogP contribution in [0.5, 0.6) is 5.75 Å².